The van der Waals surface area contributed by atoms with E-state index in [1.807, 2.05) is 30.3 Å². The molecule has 0 aliphatic heterocycles. The van der Waals surface area contributed by atoms with Gasteiger partial charge in [0.15, 0.2) is 0 Å². The standard InChI is InChI=1S/C14H10ClNO2S/c15-8-1-3-12-10(5-8)11-6-9(19-7-14(16)17)2-4-13(11)18-12/h1-6H,7H2,(H2,16,17). The minimum absolute atomic E-state index is 0.266. The molecule has 0 saturated carbocycles. The van der Waals surface area contributed by atoms with Crippen LogP contribution in [0.15, 0.2) is 45.7 Å². The molecule has 0 fully saturated rings. The molecule has 0 atom stereocenters. The molecule has 1 heterocycles. The van der Waals surface area contributed by atoms with E-state index in [1.165, 1.54) is 11.8 Å². The van der Waals surface area contributed by atoms with Gasteiger partial charge in [-0.05, 0) is 36.4 Å². The fourth-order valence-electron chi connectivity index (χ4n) is 1.97. The summed E-state index contributed by atoms with van der Waals surface area (Å²) >= 11 is 7.42. The number of halogens is 1. The monoisotopic (exact) mass is 291 g/mol. The number of nitrogens with two attached hydrogens (primary N) is 1. The first kappa shape index (κ1) is 12.4. The van der Waals surface area contributed by atoms with Crippen LogP contribution in [0.3, 0.4) is 0 Å². The van der Waals surface area contributed by atoms with Crippen molar-refractivity contribution in [2.75, 3.05) is 5.75 Å². The molecule has 5 heteroatoms. The Hall–Kier alpha value is -1.65. The predicted molar refractivity (Wildman–Crippen MR) is 78.6 cm³/mol. The zero-order valence-electron chi connectivity index (χ0n) is 9.85. The van der Waals surface area contributed by atoms with Crippen LogP contribution >= 0.6 is 23.4 Å². The maximum Gasteiger partial charge on any atom is 0.227 e. The summed E-state index contributed by atoms with van der Waals surface area (Å²) in [5.74, 6) is -0.0626. The third-order valence-corrected chi connectivity index (χ3v) is 4.04. The van der Waals surface area contributed by atoms with Crippen molar-refractivity contribution in [1.82, 2.24) is 0 Å². The Kier molecular flexibility index (Phi) is 3.12. The first-order chi connectivity index (χ1) is 9.13. The normalized spacial score (nSPS) is 11.2. The third-order valence-electron chi connectivity index (χ3n) is 2.78. The number of carbonyl (C=O) groups is 1. The minimum Gasteiger partial charge on any atom is -0.456 e. The van der Waals surface area contributed by atoms with Crippen LogP contribution in [0.4, 0.5) is 0 Å². The van der Waals surface area contributed by atoms with Gasteiger partial charge in [-0.15, -0.1) is 11.8 Å². The summed E-state index contributed by atoms with van der Waals surface area (Å²) in [6.07, 6.45) is 0. The van der Waals surface area contributed by atoms with E-state index >= 15 is 0 Å². The fraction of sp³-hybridized carbons (Fsp3) is 0.0714. The lowest BCUT2D eigenvalue weighted by Crippen LogP contribution is -2.12. The zero-order valence-corrected chi connectivity index (χ0v) is 11.4. The van der Waals surface area contributed by atoms with Gasteiger partial charge in [0.05, 0.1) is 5.75 Å². The van der Waals surface area contributed by atoms with E-state index in [0.717, 1.165) is 26.8 Å². The molecule has 0 saturated heterocycles. The van der Waals surface area contributed by atoms with Crippen LogP contribution in [-0.4, -0.2) is 11.7 Å². The van der Waals surface area contributed by atoms with Crippen LogP contribution in [0.1, 0.15) is 0 Å². The number of carbonyl (C=O) groups excluding carboxylic acids is 1. The first-order valence-corrected chi connectivity index (χ1v) is 7.03. The summed E-state index contributed by atoms with van der Waals surface area (Å²) in [6.45, 7) is 0. The molecule has 0 aliphatic rings. The fourth-order valence-corrected chi connectivity index (χ4v) is 2.82. The van der Waals surface area contributed by atoms with Gasteiger partial charge in [0.1, 0.15) is 11.2 Å². The molecule has 0 bridgehead atoms. The summed E-state index contributed by atoms with van der Waals surface area (Å²) in [7, 11) is 0. The number of benzene rings is 2. The highest BCUT2D eigenvalue weighted by Crippen LogP contribution is 2.33. The van der Waals surface area contributed by atoms with Crippen LogP contribution < -0.4 is 5.73 Å². The Morgan fingerprint density at radius 3 is 2.58 bits per heavy atom. The van der Waals surface area contributed by atoms with E-state index in [9.17, 15) is 4.79 Å². The molecular formula is C14H10ClNO2S. The highest BCUT2D eigenvalue weighted by Gasteiger charge is 2.08. The highest BCUT2D eigenvalue weighted by molar-refractivity contribution is 8.00. The van der Waals surface area contributed by atoms with Crippen molar-refractivity contribution < 1.29 is 9.21 Å². The van der Waals surface area contributed by atoms with Gasteiger partial charge in [0.2, 0.25) is 5.91 Å². The Labute approximate surface area is 118 Å². The summed E-state index contributed by atoms with van der Waals surface area (Å²) in [5, 5.41) is 2.64. The molecule has 2 aromatic carbocycles. The molecule has 0 spiro atoms. The molecule has 2 N–H and O–H groups in total. The summed E-state index contributed by atoms with van der Waals surface area (Å²) in [4.78, 5) is 11.8. The van der Waals surface area contributed by atoms with Gasteiger partial charge < -0.3 is 10.2 Å². The molecule has 19 heavy (non-hydrogen) atoms. The van der Waals surface area contributed by atoms with Gasteiger partial charge in [0.25, 0.3) is 0 Å². The molecule has 3 aromatic rings. The van der Waals surface area contributed by atoms with E-state index in [2.05, 4.69) is 0 Å². The lowest BCUT2D eigenvalue weighted by molar-refractivity contribution is -0.115. The van der Waals surface area contributed by atoms with Gasteiger partial charge in [0, 0.05) is 20.7 Å². The van der Waals surface area contributed by atoms with Gasteiger partial charge in [-0.25, -0.2) is 0 Å². The third kappa shape index (κ3) is 2.41. The molecule has 3 rings (SSSR count). The first-order valence-electron chi connectivity index (χ1n) is 5.66. The molecule has 3 nitrogen and oxygen atoms in total. The van der Waals surface area contributed by atoms with E-state index in [4.69, 9.17) is 21.8 Å². The maximum absolute atomic E-state index is 10.8. The summed E-state index contributed by atoms with van der Waals surface area (Å²) < 4.78 is 5.73. The molecule has 1 amide bonds. The molecule has 0 radical (unpaired) electrons. The topological polar surface area (TPSA) is 56.2 Å². The van der Waals surface area contributed by atoms with Crippen LogP contribution in [0.25, 0.3) is 21.9 Å². The van der Waals surface area contributed by atoms with Crippen molar-refractivity contribution in [2.45, 2.75) is 4.90 Å². The maximum atomic E-state index is 10.8. The Morgan fingerprint density at radius 2 is 1.84 bits per heavy atom. The van der Waals surface area contributed by atoms with Crippen LogP contribution in [0.5, 0.6) is 0 Å². The summed E-state index contributed by atoms with van der Waals surface area (Å²) in [5.41, 5.74) is 6.76. The second-order valence-electron chi connectivity index (χ2n) is 4.16. The van der Waals surface area contributed by atoms with Crippen LogP contribution in [0.2, 0.25) is 5.02 Å². The number of primary amides is 1. The SMILES string of the molecule is NC(=O)CSc1ccc2oc3ccc(Cl)cc3c2c1. The molecule has 1 aromatic heterocycles. The lowest BCUT2D eigenvalue weighted by Gasteiger charge is -1.98. The van der Waals surface area contributed by atoms with Crippen molar-refractivity contribution in [3.63, 3.8) is 0 Å². The van der Waals surface area contributed by atoms with Gasteiger partial charge in [-0.3, -0.25) is 4.79 Å². The molecule has 0 unspecified atom stereocenters. The van der Waals surface area contributed by atoms with E-state index in [0.29, 0.717) is 5.02 Å². The average Bonchev–Trinajstić information content (AvgIpc) is 2.74. The zero-order chi connectivity index (χ0) is 13.4. The smallest absolute Gasteiger partial charge is 0.227 e. The van der Waals surface area contributed by atoms with Crippen molar-refractivity contribution >= 4 is 51.2 Å². The van der Waals surface area contributed by atoms with E-state index in [-0.39, 0.29) is 11.7 Å². The number of fused-ring (bicyclic) bond motifs is 3. The molecule has 0 aliphatic carbocycles. The Morgan fingerprint density at radius 1 is 1.16 bits per heavy atom. The van der Waals surface area contributed by atoms with Crippen molar-refractivity contribution in [3.8, 4) is 0 Å². The number of thioether (sulfide) groups is 1. The highest BCUT2D eigenvalue weighted by atomic mass is 35.5. The van der Waals surface area contributed by atoms with E-state index < -0.39 is 0 Å². The minimum atomic E-state index is -0.329. The number of amides is 1. The van der Waals surface area contributed by atoms with Gasteiger partial charge in [-0.1, -0.05) is 11.6 Å². The second kappa shape index (κ2) is 4.79. The molecular weight excluding hydrogens is 282 g/mol. The average molecular weight is 292 g/mol. The lowest BCUT2D eigenvalue weighted by atomic mass is 10.1. The Bertz CT molecular complexity index is 782. The number of rotatable bonds is 3. The quantitative estimate of drug-likeness (QED) is 0.746. The van der Waals surface area contributed by atoms with E-state index in [1.54, 1.807) is 6.07 Å². The number of furan rings is 1. The summed E-state index contributed by atoms with van der Waals surface area (Å²) in [6, 6.07) is 11.3. The molecule has 96 valence electrons. The van der Waals surface area contributed by atoms with Crippen LogP contribution in [0, 0.1) is 0 Å². The predicted octanol–water partition coefficient (Wildman–Crippen LogP) is 3.82. The largest absolute Gasteiger partial charge is 0.456 e. The van der Waals surface area contributed by atoms with Crippen molar-refractivity contribution in [1.29, 1.82) is 0 Å². The van der Waals surface area contributed by atoms with Crippen molar-refractivity contribution in [2.24, 2.45) is 5.73 Å². The second-order valence-corrected chi connectivity index (χ2v) is 5.64. The van der Waals surface area contributed by atoms with Crippen LogP contribution in [-0.2, 0) is 4.79 Å². The van der Waals surface area contributed by atoms with Gasteiger partial charge in [-0.2, -0.15) is 0 Å². The van der Waals surface area contributed by atoms with Gasteiger partial charge >= 0.3 is 0 Å². The Balaban J connectivity index is 2.12. The number of hydrogen-bond acceptors (Lipinski definition) is 3. The van der Waals surface area contributed by atoms with Crippen molar-refractivity contribution in [3.05, 3.63) is 41.4 Å². The number of hydrogen-bond donors (Lipinski definition) is 1.